The van der Waals surface area contributed by atoms with Crippen LogP contribution in [0.15, 0.2) is 17.8 Å². The largest absolute Gasteiger partial charge is 0.384 e. The maximum atomic E-state index is 11.6. The molecule has 0 aliphatic rings. The fourth-order valence-electron chi connectivity index (χ4n) is 1.34. The molecule has 0 bridgehead atoms. The zero-order chi connectivity index (χ0) is 12.1. The molecule has 5 nitrogen and oxygen atoms in total. The topological polar surface area (TPSA) is 72.9 Å². The molecule has 0 saturated carbocycles. The van der Waals surface area contributed by atoms with Crippen molar-refractivity contribution in [1.29, 1.82) is 0 Å². The van der Waals surface area contributed by atoms with Crippen LogP contribution in [0.5, 0.6) is 0 Å². The Morgan fingerprint density at radius 3 is 2.88 bits per heavy atom. The lowest BCUT2D eigenvalue weighted by molar-refractivity contribution is -0.117. The fourth-order valence-corrected chi connectivity index (χ4v) is 1.34. The summed E-state index contributed by atoms with van der Waals surface area (Å²) in [5.74, 6) is 0.516. The number of carbonyl (C=O) groups excluding carboxylic acids is 1. The maximum Gasteiger partial charge on any atom is 0.246 e. The summed E-state index contributed by atoms with van der Waals surface area (Å²) in [7, 11) is 1.77. The molecule has 0 fully saturated rings. The van der Waals surface area contributed by atoms with E-state index in [-0.39, 0.29) is 5.91 Å². The Morgan fingerprint density at radius 2 is 2.38 bits per heavy atom. The molecule has 0 saturated heterocycles. The number of anilines is 1. The van der Waals surface area contributed by atoms with Gasteiger partial charge in [0.05, 0.1) is 6.20 Å². The summed E-state index contributed by atoms with van der Waals surface area (Å²) in [4.78, 5) is 11.6. The second-order valence-electron chi connectivity index (χ2n) is 3.66. The van der Waals surface area contributed by atoms with Gasteiger partial charge in [0.2, 0.25) is 5.91 Å². The number of amides is 1. The van der Waals surface area contributed by atoms with Crippen LogP contribution in [0.1, 0.15) is 25.8 Å². The Balaban J connectivity index is 2.56. The highest BCUT2D eigenvalue weighted by Gasteiger charge is 2.07. The number of hydrogen-bond donors (Lipinski definition) is 2. The van der Waals surface area contributed by atoms with Crippen molar-refractivity contribution in [2.45, 2.75) is 26.8 Å². The molecule has 0 unspecified atom stereocenters. The fraction of sp³-hybridized carbons (Fsp3) is 0.455. The minimum atomic E-state index is -0.0647. The predicted molar refractivity (Wildman–Crippen MR) is 63.5 cm³/mol. The van der Waals surface area contributed by atoms with Crippen molar-refractivity contribution in [3.63, 3.8) is 0 Å². The molecule has 88 valence electrons. The van der Waals surface area contributed by atoms with Crippen molar-refractivity contribution in [3.05, 3.63) is 23.4 Å². The van der Waals surface area contributed by atoms with Crippen LogP contribution in [0.2, 0.25) is 0 Å². The van der Waals surface area contributed by atoms with Crippen molar-refractivity contribution in [2.75, 3.05) is 5.73 Å². The van der Waals surface area contributed by atoms with Gasteiger partial charge in [-0.25, -0.2) is 0 Å². The number of aryl methyl sites for hydroxylation is 1. The van der Waals surface area contributed by atoms with Gasteiger partial charge in [-0.2, -0.15) is 5.10 Å². The first-order valence-electron chi connectivity index (χ1n) is 5.27. The zero-order valence-corrected chi connectivity index (χ0v) is 9.95. The van der Waals surface area contributed by atoms with Crippen molar-refractivity contribution in [1.82, 2.24) is 15.1 Å². The number of hydrogen-bond acceptors (Lipinski definition) is 3. The molecule has 0 aliphatic heterocycles. The van der Waals surface area contributed by atoms with Crippen LogP contribution in [-0.4, -0.2) is 15.7 Å². The van der Waals surface area contributed by atoms with Crippen molar-refractivity contribution >= 4 is 11.7 Å². The minimum absolute atomic E-state index is 0.0647. The third-order valence-corrected chi connectivity index (χ3v) is 2.37. The SMILES string of the molecule is CCC=C(C)C(=O)NCc1cnn(C)c1N. The Kier molecular flexibility index (Phi) is 4.10. The molecule has 1 aromatic heterocycles. The molecule has 0 atom stereocenters. The zero-order valence-electron chi connectivity index (χ0n) is 9.95. The third kappa shape index (κ3) is 2.85. The van der Waals surface area contributed by atoms with E-state index in [0.29, 0.717) is 12.4 Å². The Hall–Kier alpha value is -1.78. The normalized spacial score (nSPS) is 11.6. The van der Waals surface area contributed by atoms with E-state index in [4.69, 9.17) is 5.73 Å². The van der Waals surface area contributed by atoms with Gasteiger partial charge in [0.15, 0.2) is 0 Å². The minimum Gasteiger partial charge on any atom is -0.384 e. The van der Waals surface area contributed by atoms with Gasteiger partial charge >= 0.3 is 0 Å². The van der Waals surface area contributed by atoms with Gasteiger partial charge in [-0.05, 0) is 13.3 Å². The summed E-state index contributed by atoms with van der Waals surface area (Å²) in [6, 6.07) is 0. The van der Waals surface area contributed by atoms with Crippen LogP contribution < -0.4 is 11.1 Å². The van der Waals surface area contributed by atoms with Crippen LogP contribution >= 0.6 is 0 Å². The first kappa shape index (κ1) is 12.3. The maximum absolute atomic E-state index is 11.6. The smallest absolute Gasteiger partial charge is 0.246 e. The lowest BCUT2D eigenvalue weighted by Gasteiger charge is -2.04. The molecule has 1 rings (SSSR count). The van der Waals surface area contributed by atoms with Crippen molar-refractivity contribution in [2.24, 2.45) is 7.05 Å². The molecule has 1 amide bonds. The first-order chi connectivity index (χ1) is 7.56. The van der Waals surface area contributed by atoms with Crippen molar-refractivity contribution < 1.29 is 4.79 Å². The number of nitrogens with zero attached hydrogens (tertiary/aromatic N) is 2. The van der Waals surface area contributed by atoms with Gasteiger partial charge in [-0.15, -0.1) is 0 Å². The number of rotatable bonds is 4. The van der Waals surface area contributed by atoms with E-state index < -0.39 is 0 Å². The molecule has 0 aromatic carbocycles. The molecular weight excluding hydrogens is 204 g/mol. The number of nitrogens with one attached hydrogen (secondary N) is 1. The van der Waals surface area contributed by atoms with Crippen LogP contribution in [-0.2, 0) is 18.4 Å². The number of carbonyl (C=O) groups is 1. The van der Waals surface area contributed by atoms with E-state index in [2.05, 4.69) is 10.4 Å². The van der Waals surface area contributed by atoms with Gasteiger partial charge in [0.1, 0.15) is 5.82 Å². The molecule has 1 heterocycles. The highest BCUT2D eigenvalue weighted by atomic mass is 16.1. The quantitative estimate of drug-likeness (QED) is 0.746. The van der Waals surface area contributed by atoms with E-state index in [1.807, 2.05) is 13.0 Å². The lowest BCUT2D eigenvalue weighted by Crippen LogP contribution is -2.23. The van der Waals surface area contributed by atoms with Crippen molar-refractivity contribution in [3.8, 4) is 0 Å². The number of nitrogen functional groups attached to an aromatic ring is 1. The second-order valence-corrected chi connectivity index (χ2v) is 3.66. The average molecular weight is 222 g/mol. The van der Waals surface area contributed by atoms with Gasteiger partial charge in [0.25, 0.3) is 0 Å². The predicted octanol–water partition coefficient (Wildman–Crippen LogP) is 0.975. The van der Waals surface area contributed by atoms with E-state index in [1.165, 1.54) is 0 Å². The van der Waals surface area contributed by atoms with Crippen LogP contribution in [0.3, 0.4) is 0 Å². The molecule has 3 N–H and O–H groups in total. The third-order valence-electron chi connectivity index (χ3n) is 2.37. The summed E-state index contributed by atoms with van der Waals surface area (Å²) < 4.78 is 1.58. The van der Waals surface area contributed by atoms with Gasteiger partial charge in [-0.3, -0.25) is 9.48 Å². The highest BCUT2D eigenvalue weighted by Crippen LogP contribution is 2.08. The molecule has 16 heavy (non-hydrogen) atoms. The van der Waals surface area contributed by atoms with Gasteiger partial charge < -0.3 is 11.1 Å². The van der Waals surface area contributed by atoms with E-state index in [0.717, 1.165) is 17.6 Å². The molecule has 1 aromatic rings. The average Bonchev–Trinajstić information content (AvgIpc) is 2.57. The highest BCUT2D eigenvalue weighted by molar-refractivity contribution is 5.92. The number of aromatic nitrogens is 2. The summed E-state index contributed by atoms with van der Waals surface area (Å²) in [6.07, 6.45) is 4.41. The monoisotopic (exact) mass is 222 g/mol. The van der Waals surface area contributed by atoms with Crippen LogP contribution in [0.25, 0.3) is 0 Å². The Morgan fingerprint density at radius 1 is 1.69 bits per heavy atom. The number of nitrogens with two attached hydrogens (primary N) is 1. The summed E-state index contributed by atoms with van der Waals surface area (Å²) in [5.41, 5.74) is 7.32. The molecule has 0 radical (unpaired) electrons. The van der Waals surface area contributed by atoms with E-state index in [1.54, 1.807) is 24.9 Å². The van der Waals surface area contributed by atoms with Crippen LogP contribution in [0.4, 0.5) is 5.82 Å². The van der Waals surface area contributed by atoms with Gasteiger partial charge in [0, 0.05) is 24.7 Å². The summed E-state index contributed by atoms with van der Waals surface area (Å²) in [5, 5.41) is 6.80. The molecule has 0 spiro atoms. The van der Waals surface area contributed by atoms with Crippen LogP contribution in [0, 0.1) is 0 Å². The van der Waals surface area contributed by atoms with E-state index >= 15 is 0 Å². The standard InChI is InChI=1S/C11H18N4O/c1-4-5-8(2)11(16)13-6-9-7-14-15(3)10(9)12/h5,7H,4,6,12H2,1-3H3,(H,13,16). The first-order valence-corrected chi connectivity index (χ1v) is 5.27. The Bertz CT molecular complexity index is 406. The summed E-state index contributed by atoms with van der Waals surface area (Å²) >= 11 is 0. The summed E-state index contributed by atoms with van der Waals surface area (Å²) in [6.45, 7) is 4.20. The van der Waals surface area contributed by atoms with E-state index in [9.17, 15) is 4.79 Å². The van der Waals surface area contributed by atoms with Gasteiger partial charge in [-0.1, -0.05) is 13.0 Å². The molecule has 0 aliphatic carbocycles. The Labute approximate surface area is 95.3 Å². The molecular formula is C11H18N4O. The lowest BCUT2D eigenvalue weighted by atomic mass is 10.2. The number of allylic oxidation sites excluding steroid dienone is 1. The molecule has 5 heteroatoms. The second kappa shape index (κ2) is 5.34.